The van der Waals surface area contributed by atoms with Crippen molar-refractivity contribution < 1.29 is 8.42 Å². The summed E-state index contributed by atoms with van der Waals surface area (Å²) < 4.78 is 25.2. The largest absolute Gasteiger partial charge is 0.378 e. The third kappa shape index (κ3) is 2.85. The lowest BCUT2D eigenvalue weighted by molar-refractivity contribution is 0.532. The number of sulfone groups is 1. The SMILES string of the molecule is CC(C)n1cc(NC2CCCC2S(C)(=O)=O)cn1. The van der Waals surface area contributed by atoms with Crippen LogP contribution in [0.5, 0.6) is 0 Å². The van der Waals surface area contributed by atoms with Crippen LogP contribution in [0.2, 0.25) is 0 Å². The van der Waals surface area contributed by atoms with Gasteiger partial charge in [-0.25, -0.2) is 8.42 Å². The Kier molecular flexibility index (Phi) is 3.66. The molecule has 0 spiro atoms. The number of hydrogen-bond donors (Lipinski definition) is 1. The van der Waals surface area contributed by atoms with Crippen molar-refractivity contribution in [3.63, 3.8) is 0 Å². The number of hydrogen-bond acceptors (Lipinski definition) is 4. The van der Waals surface area contributed by atoms with Gasteiger partial charge in [-0.1, -0.05) is 0 Å². The molecule has 18 heavy (non-hydrogen) atoms. The van der Waals surface area contributed by atoms with Crippen LogP contribution in [0.4, 0.5) is 5.69 Å². The second kappa shape index (κ2) is 4.91. The third-order valence-corrected chi connectivity index (χ3v) is 5.15. The van der Waals surface area contributed by atoms with E-state index in [0.29, 0.717) is 6.04 Å². The van der Waals surface area contributed by atoms with Crippen molar-refractivity contribution >= 4 is 15.5 Å². The molecule has 0 aromatic carbocycles. The topological polar surface area (TPSA) is 64.0 Å². The van der Waals surface area contributed by atoms with Crippen LogP contribution in [0.25, 0.3) is 0 Å². The molecular formula is C12H21N3O2S. The molecule has 0 amide bonds. The van der Waals surface area contributed by atoms with Crippen molar-refractivity contribution in [1.29, 1.82) is 0 Å². The summed E-state index contributed by atoms with van der Waals surface area (Å²) in [5, 5.41) is 7.30. The Morgan fingerprint density at radius 2 is 2.17 bits per heavy atom. The molecule has 2 unspecified atom stereocenters. The van der Waals surface area contributed by atoms with Gasteiger partial charge in [0.15, 0.2) is 9.84 Å². The molecule has 6 heteroatoms. The summed E-state index contributed by atoms with van der Waals surface area (Å²) in [7, 11) is -2.97. The fraction of sp³-hybridized carbons (Fsp3) is 0.750. The van der Waals surface area contributed by atoms with E-state index in [1.165, 1.54) is 6.26 Å². The maximum absolute atomic E-state index is 11.7. The summed E-state index contributed by atoms with van der Waals surface area (Å²) in [6.07, 6.45) is 7.66. The van der Waals surface area contributed by atoms with E-state index < -0.39 is 9.84 Å². The maximum atomic E-state index is 11.7. The Balaban J connectivity index is 2.08. The zero-order chi connectivity index (χ0) is 13.3. The fourth-order valence-corrected chi connectivity index (χ4v) is 3.91. The highest BCUT2D eigenvalue weighted by atomic mass is 32.2. The quantitative estimate of drug-likeness (QED) is 0.907. The Hall–Kier alpha value is -1.04. The smallest absolute Gasteiger partial charge is 0.152 e. The van der Waals surface area contributed by atoms with E-state index >= 15 is 0 Å². The summed E-state index contributed by atoms with van der Waals surface area (Å²) in [5.41, 5.74) is 0.907. The van der Waals surface area contributed by atoms with Crippen LogP contribution in [0.15, 0.2) is 12.4 Å². The van der Waals surface area contributed by atoms with E-state index in [-0.39, 0.29) is 11.3 Å². The standard InChI is InChI=1S/C12H21N3O2S/c1-9(2)15-8-10(7-13-15)14-11-5-4-6-12(11)18(3,16)17/h7-9,11-12,14H,4-6H2,1-3H3. The Bertz CT molecular complexity index is 507. The third-order valence-electron chi connectivity index (χ3n) is 3.49. The molecule has 1 aliphatic rings. The van der Waals surface area contributed by atoms with Crippen molar-refractivity contribution in [3.8, 4) is 0 Å². The molecule has 5 nitrogen and oxygen atoms in total. The van der Waals surface area contributed by atoms with Gasteiger partial charge in [0.25, 0.3) is 0 Å². The van der Waals surface area contributed by atoms with Gasteiger partial charge in [-0.15, -0.1) is 0 Å². The first-order chi connectivity index (χ1) is 8.38. The van der Waals surface area contributed by atoms with E-state index in [0.717, 1.165) is 24.9 Å². The Morgan fingerprint density at radius 1 is 1.44 bits per heavy atom. The average Bonchev–Trinajstić information content (AvgIpc) is 2.85. The van der Waals surface area contributed by atoms with E-state index in [1.54, 1.807) is 6.20 Å². The minimum Gasteiger partial charge on any atom is -0.378 e. The van der Waals surface area contributed by atoms with Crippen LogP contribution in [0.3, 0.4) is 0 Å². The summed E-state index contributed by atoms with van der Waals surface area (Å²) >= 11 is 0. The Labute approximate surface area is 108 Å². The number of nitrogens with one attached hydrogen (secondary N) is 1. The minimum atomic E-state index is -2.97. The number of aromatic nitrogens is 2. The van der Waals surface area contributed by atoms with Crippen LogP contribution in [-0.4, -0.2) is 35.7 Å². The highest BCUT2D eigenvalue weighted by Crippen LogP contribution is 2.28. The second-order valence-corrected chi connectivity index (χ2v) is 7.62. The molecule has 1 fully saturated rings. The van der Waals surface area contributed by atoms with Gasteiger partial charge in [-0.2, -0.15) is 5.10 Å². The van der Waals surface area contributed by atoms with Gasteiger partial charge in [0.2, 0.25) is 0 Å². The highest BCUT2D eigenvalue weighted by Gasteiger charge is 2.34. The van der Waals surface area contributed by atoms with Gasteiger partial charge < -0.3 is 5.32 Å². The number of rotatable bonds is 4. The Morgan fingerprint density at radius 3 is 2.72 bits per heavy atom. The van der Waals surface area contributed by atoms with Crippen molar-refractivity contribution in [1.82, 2.24) is 9.78 Å². The number of anilines is 1. The molecule has 1 saturated carbocycles. The van der Waals surface area contributed by atoms with Crippen molar-refractivity contribution in [2.75, 3.05) is 11.6 Å². The van der Waals surface area contributed by atoms with Crippen LogP contribution < -0.4 is 5.32 Å². The fourth-order valence-electron chi connectivity index (χ4n) is 2.51. The van der Waals surface area contributed by atoms with Crippen LogP contribution >= 0.6 is 0 Å². The molecule has 0 aliphatic heterocycles. The van der Waals surface area contributed by atoms with Gasteiger partial charge in [-0.05, 0) is 33.1 Å². The van der Waals surface area contributed by atoms with E-state index in [9.17, 15) is 8.42 Å². The monoisotopic (exact) mass is 271 g/mol. The molecule has 1 aromatic heterocycles. The first-order valence-electron chi connectivity index (χ1n) is 6.37. The van der Waals surface area contributed by atoms with Gasteiger partial charge in [-0.3, -0.25) is 4.68 Å². The van der Waals surface area contributed by atoms with Crippen molar-refractivity contribution in [2.24, 2.45) is 0 Å². The molecular weight excluding hydrogens is 250 g/mol. The van der Waals surface area contributed by atoms with E-state index in [1.807, 2.05) is 10.9 Å². The van der Waals surface area contributed by atoms with Crippen LogP contribution in [0, 0.1) is 0 Å². The normalized spacial score (nSPS) is 24.7. The first-order valence-corrected chi connectivity index (χ1v) is 8.33. The van der Waals surface area contributed by atoms with Gasteiger partial charge in [0.05, 0.1) is 17.1 Å². The summed E-state index contributed by atoms with van der Waals surface area (Å²) in [5.74, 6) is 0. The molecule has 0 radical (unpaired) electrons. The predicted octanol–water partition coefficient (Wildman–Crippen LogP) is 1.84. The summed E-state index contributed by atoms with van der Waals surface area (Å²) in [6, 6.07) is 0.333. The zero-order valence-corrected chi connectivity index (χ0v) is 11.9. The molecule has 0 bridgehead atoms. The molecule has 1 aromatic rings. The van der Waals surface area contributed by atoms with Gasteiger partial charge in [0.1, 0.15) is 0 Å². The second-order valence-electron chi connectivity index (χ2n) is 5.35. The average molecular weight is 271 g/mol. The van der Waals surface area contributed by atoms with Crippen molar-refractivity contribution in [3.05, 3.63) is 12.4 Å². The lowest BCUT2D eigenvalue weighted by Crippen LogP contribution is -2.34. The van der Waals surface area contributed by atoms with E-state index in [4.69, 9.17) is 0 Å². The maximum Gasteiger partial charge on any atom is 0.152 e. The molecule has 2 rings (SSSR count). The molecule has 0 saturated heterocycles. The van der Waals surface area contributed by atoms with Crippen molar-refractivity contribution in [2.45, 2.75) is 50.4 Å². The van der Waals surface area contributed by atoms with E-state index in [2.05, 4.69) is 24.3 Å². The predicted molar refractivity (Wildman–Crippen MR) is 72.5 cm³/mol. The van der Waals surface area contributed by atoms with Crippen LogP contribution in [-0.2, 0) is 9.84 Å². The summed E-state index contributed by atoms with van der Waals surface area (Å²) in [6.45, 7) is 4.12. The van der Waals surface area contributed by atoms with Crippen LogP contribution in [0.1, 0.15) is 39.2 Å². The zero-order valence-electron chi connectivity index (χ0n) is 11.1. The highest BCUT2D eigenvalue weighted by molar-refractivity contribution is 7.91. The molecule has 1 heterocycles. The van der Waals surface area contributed by atoms with Gasteiger partial charge in [0, 0.05) is 24.5 Å². The minimum absolute atomic E-state index is 0.0183. The number of nitrogens with zero attached hydrogens (tertiary/aromatic N) is 2. The first kappa shape index (κ1) is 13.4. The molecule has 102 valence electrons. The lowest BCUT2D eigenvalue weighted by Gasteiger charge is -2.19. The molecule has 2 atom stereocenters. The molecule has 1 N–H and O–H groups in total. The molecule has 1 aliphatic carbocycles. The van der Waals surface area contributed by atoms with Gasteiger partial charge >= 0.3 is 0 Å². The summed E-state index contributed by atoms with van der Waals surface area (Å²) in [4.78, 5) is 0. The lowest BCUT2D eigenvalue weighted by atomic mass is 10.2.